The summed E-state index contributed by atoms with van der Waals surface area (Å²) in [6.45, 7) is 6.28. The molecule has 0 aromatic rings. The van der Waals surface area contributed by atoms with Gasteiger partial charge in [-0.3, -0.25) is 0 Å². The maximum atomic E-state index is 11.2. The lowest BCUT2D eigenvalue weighted by Gasteiger charge is -2.34. The zero-order valence-corrected chi connectivity index (χ0v) is 8.13. The third kappa shape index (κ3) is 1.90. The molecule has 1 fully saturated rings. The lowest BCUT2D eigenvalue weighted by Crippen LogP contribution is -2.45. The van der Waals surface area contributed by atoms with Gasteiger partial charge in [0.05, 0.1) is 0 Å². The van der Waals surface area contributed by atoms with Crippen molar-refractivity contribution in [1.29, 1.82) is 0 Å². The van der Waals surface area contributed by atoms with Crippen molar-refractivity contribution in [3.05, 3.63) is 0 Å². The predicted molar refractivity (Wildman–Crippen MR) is 49.0 cm³/mol. The Bertz CT molecular complexity index is 170. The topological polar surface area (TPSA) is 32.3 Å². The SMILES string of the molecule is CNC(=O)N1CCC(C)C(C)C1. The zero-order chi connectivity index (χ0) is 9.14. The van der Waals surface area contributed by atoms with Crippen LogP contribution in [0.3, 0.4) is 0 Å². The Hall–Kier alpha value is -0.730. The van der Waals surface area contributed by atoms with Gasteiger partial charge in [0.15, 0.2) is 0 Å². The van der Waals surface area contributed by atoms with Crippen molar-refractivity contribution >= 4 is 6.03 Å². The van der Waals surface area contributed by atoms with Gasteiger partial charge >= 0.3 is 6.03 Å². The van der Waals surface area contributed by atoms with Crippen LogP contribution in [-0.2, 0) is 0 Å². The summed E-state index contributed by atoms with van der Waals surface area (Å²) in [6.07, 6.45) is 1.13. The molecule has 12 heavy (non-hydrogen) atoms. The Morgan fingerprint density at radius 3 is 2.58 bits per heavy atom. The maximum absolute atomic E-state index is 11.2. The summed E-state index contributed by atoms with van der Waals surface area (Å²) in [5, 5.41) is 2.66. The normalized spacial score (nSPS) is 30.1. The summed E-state index contributed by atoms with van der Waals surface area (Å²) < 4.78 is 0. The first-order valence-electron chi connectivity index (χ1n) is 4.61. The summed E-state index contributed by atoms with van der Waals surface area (Å²) in [7, 11) is 1.69. The Kier molecular flexibility index (Phi) is 2.95. The van der Waals surface area contributed by atoms with Crippen LogP contribution in [0, 0.1) is 11.8 Å². The van der Waals surface area contributed by atoms with E-state index in [1.165, 1.54) is 0 Å². The minimum atomic E-state index is 0.0637. The van der Waals surface area contributed by atoms with Crippen LogP contribution >= 0.6 is 0 Å². The highest BCUT2D eigenvalue weighted by Gasteiger charge is 2.24. The first-order chi connectivity index (χ1) is 5.65. The van der Waals surface area contributed by atoms with Crippen LogP contribution in [-0.4, -0.2) is 31.1 Å². The zero-order valence-electron chi connectivity index (χ0n) is 8.13. The van der Waals surface area contributed by atoms with E-state index in [0.717, 1.165) is 25.4 Å². The number of likely N-dealkylation sites (tertiary alicyclic amines) is 1. The smallest absolute Gasteiger partial charge is 0.317 e. The highest BCUT2D eigenvalue weighted by atomic mass is 16.2. The van der Waals surface area contributed by atoms with Gasteiger partial charge in [-0.1, -0.05) is 13.8 Å². The van der Waals surface area contributed by atoms with E-state index in [-0.39, 0.29) is 6.03 Å². The van der Waals surface area contributed by atoms with Crippen molar-refractivity contribution in [2.75, 3.05) is 20.1 Å². The van der Waals surface area contributed by atoms with Crippen LogP contribution in [0.4, 0.5) is 4.79 Å². The molecule has 0 spiro atoms. The van der Waals surface area contributed by atoms with Crippen molar-refractivity contribution < 1.29 is 4.79 Å². The van der Waals surface area contributed by atoms with Crippen LogP contribution in [0.25, 0.3) is 0 Å². The van der Waals surface area contributed by atoms with E-state index in [9.17, 15) is 4.79 Å². The molecule has 0 aromatic heterocycles. The molecule has 1 N–H and O–H groups in total. The van der Waals surface area contributed by atoms with E-state index in [0.29, 0.717) is 5.92 Å². The van der Waals surface area contributed by atoms with E-state index < -0.39 is 0 Å². The van der Waals surface area contributed by atoms with Gasteiger partial charge in [0, 0.05) is 20.1 Å². The lowest BCUT2D eigenvalue weighted by atomic mass is 9.89. The van der Waals surface area contributed by atoms with Gasteiger partial charge in [0.1, 0.15) is 0 Å². The molecule has 2 amide bonds. The Balaban J connectivity index is 2.45. The fraction of sp³-hybridized carbons (Fsp3) is 0.889. The van der Waals surface area contributed by atoms with Crippen LogP contribution in [0.5, 0.6) is 0 Å². The van der Waals surface area contributed by atoms with Gasteiger partial charge in [-0.15, -0.1) is 0 Å². The third-order valence-electron chi connectivity index (χ3n) is 2.84. The van der Waals surface area contributed by atoms with Crippen LogP contribution in [0.15, 0.2) is 0 Å². The monoisotopic (exact) mass is 170 g/mol. The van der Waals surface area contributed by atoms with Crippen molar-refractivity contribution in [3.8, 4) is 0 Å². The van der Waals surface area contributed by atoms with Crippen molar-refractivity contribution in [3.63, 3.8) is 0 Å². The van der Waals surface area contributed by atoms with Gasteiger partial charge in [-0.25, -0.2) is 4.79 Å². The van der Waals surface area contributed by atoms with Gasteiger partial charge in [-0.05, 0) is 18.3 Å². The average molecular weight is 170 g/mol. The molecule has 1 aliphatic heterocycles. The highest BCUT2D eigenvalue weighted by Crippen LogP contribution is 2.21. The first-order valence-corrected chi connectivity index (χ1v) is 4.61. The summed E-state index contributed by atoms with van der Waals surface area (Å²) in [5.74, 6) is 1.39. The highest BCUT2D eigenvalue weighted by molar-refractivity contribution is 5.73. The summed E-state index contributed by atoms with van der Waals surface area (Å²) in [4.78, 5) is 13.1. The number of carbonyl (C=O) groups excluding carboxylic acids is 1. The second-order valence-electron chi connectivity index (χ2n) is 3.74. The Labute approximate surface area is 74.1 Å². The number of nitrogens with zero attached hydrogens (tertiary/aromatic N) is 1. The van der Waals surface area contributed by atoms with Crippen LogP contribution < -0.4 is 5.32 Å². The fourth-order valence-electron chi connectivity index (χ4n) is 1.61. The molecule has 2 atom stereocenters. The van der Waals surface area contributed by atoms with E-state index >= 15 is 0 Å². The second-order valence-corrected chi connectivity index (χ2v) is 3.74. The molecule has 0 aromatic carbocycles. The number of hydrogen-bond acceptors (Lipinski definition) is 1. The van der Waals surface area contributed by atoms with Gasteiger partial charge in [0.25, 0.3) is 0 Å². The standard InChI is InChI=1S/C9H18N2O/c1-7-4-5-11(6-8(7)2)9(12)10-3/h7-8H,4-6H2,1-3H3,(H,10,12). The number of piperidine rings is 1. The molecule has 0 saturated carbocycles. The molecule has 1 saturated heterocycles. The van der Waals surface area contributed by atoms with Gasteiger partial charge in [0.2, 0.25) is 0 Å². The molecule has 70 valence electrons. The average Bonchev–Trinajstić information content (AvgIpc) is 2.08. The number of hydrogen-bond donors (Lipinski definition) is 1. The first kappa shape index (κ1) is 9.36. The minimum absolute atomic E-state index is 0.0637. The van der Waals surface area contributed by atoms with Crippen LogP contribution in [0.2, 0.25) is 0 Å². The molecular formula is C9H18N2O. The number of rotatable bonds is 0. The molecule has 0 bridgehead atoms. The Morgan fingerprint density at radius 1 is 1.42 bits per heavy atom. The van der Waals surface area contributed by atoms with Gasteiger partial charge in [-0.2, -0.15) is 0 Å². The molecular weight excluding hydrogens is 152 g/mol. The summed E-state index contributed by atoms with van der Waals surface area (Å²) >= 11 is 0. The molecule has 3 heteroatoms. The minimum Gasteiger partial charge on any atom is -0.341 e. The van der Waals surface area contributed by atoms with Crippen LogP contribution in [0.1, 0.15) is 20.3 Å². The molecule has 1 aliphatic rings. The molecule has 1 heterocycles. The molecule has 1 rings (SSSR count). The second kappa shape index (κ2) is 3.78. The lowest BCUT2D eigenvalue weighted by molar-refractivity contribution is 0.146. The number of urea groups is 1. The molecule has 3 nitrogen and oxygen atoms in total. The van der Waals surface area contributed by atoms with Crippen molar-refractivity contribution in [1.82, 2.24) is 10.2 Å². The summed E-state index contributed by atoms with van der Waals surface area (Å²) in [5.41, 5.74) is 0. The fourth-order valence-corrected chi connectivity index (χ4v) is 1.61. The Morgan fingerprint density at radius 2 is 2.08 bits per heavy atom. The van der Waals surface area contributed by atoms with E-state index in [1.807, 2.05) is 4.90 Å². The predicted octanol–water partition coefficient (Wildman–Crippen LogP) is 1.30. The number of carbonyl (C=O) groups is 1. The van der Waals surface area contributed by atoms with Crippen molar-refractivity contribution in [2.24, 2.45) is 11.8 Å². The third-order valence-corrected chi connectivity index (χ3v) is 2.84. The number of nitrogens with one attached hydrogen (secondary N) is 1. The quantitative estimate of drug-likeness (QED) is 0.584. The number of amides is 2. The van der Waals surface area contributed by atoms with E-state index in [4.69, 9.17) is 0 Å². The van der Waals surface area contributed by atoms with Crippen molar-refractivity contribution in [2.45, 2.75) is 20.3 Å². The van der Waals surface area contributed by atoms with Gasteiger partial charge < -0.3 is 10.2 Å². The van der Waals surface area contributed by atoms with E-state index in [2.05, 4.69) is 19.2 Å². The molecule has 2 unspecified atom stereocenters. The maximum Gasteiger partial charge on any atom is 0.317 e. The summed E-state index contributed by atoms with van der Waals surface area (Å²) in [6, 6.07) is 0.0637. The largest absolute Gasteiger partial charge is 0.341 e. The van der Waals surface area contributed by atoms with E-state index in [1.54, 1.807) is 7.05 Å². The molecule has 0 radical (unpaired) electrons. The molecule has 0 aliphatic carbocycles.